The lowest BCUT2D eigenvalue weighted by Crippen LogP contribution is -2.38. The van der Waals surface area contributed by atoms with Gasteiger partial charge in [-0.25, -0.2) is 4.98 Å². The molecular weight excluding hydrogens is 485 g/mol. The average molecular weight is 515 g/mol. The molecule has 2 aromatic rings. The summed E-state index contributed by atoms with van der Waals surface area (Å²) in [5.41, 5.74) is 2.61. The van der Waals surface area contributed by atoms with Gasteiger partial charge >= 0.3 is 0 Å². The Labute approximate surface area is 188 Å². The summed E-state index contributed by atoms with van der Waals surface area (Å²) in [5.74, 6) is 0.821. The van der Waals surface area contributed by atoms with Gasteiger partial charge in [0.25, 0.3) is 0 Å². The van der Waals surface area contributed by atoms with Crippen molar-refractivity contribution < 1.29 is 4.74 Å². The molecule has 1 aliphatic heterocycles. The number of ether oxygens (including phenoxy) is 1. The number of aromatic nitrogens is 1. The van der Waals surface area contributed by atoms with Gasteiger partial charge in [-0.15, -0.1) is 35.3 Å². The van der Waals surface area contributed by atoms with Gasteiger partial charge in [-0.1, -0.05) is 24.3 Å². The van der Waals surface area contributed by atoms with E-state index >= 15 is 0 Å². The minimum atomic E-state index is 0. The lowest BCUT2D eigenvalue weighted by molar-refractivity contribution is 0.0342. The van der Waals surface area contributed by atoms with E-state index in [4.69, 9.17) is 4.74 Å². The van der Waals surface area contributed by atoms with E-state index in [-0.39, 0.29) is 24.0 Å². The molecule has 1 aromatic carbocycles. The van der Waals surface area contributed by atoms with Gasteiger partial charge in [0.05, 0.1) is 18.2 Å². The second-order valence-electron chi connectivity index (χ2n) is 6.68. The van der Waals surface area contributed by atoms with Crippen molar-refractivity contribution in [3.8, 4) is 0 Å². The van der Waals surface area contributed by atoms with Gasteiger partial charge in [0.2, 0.25) is 0 Å². The third-order valence-corrected chi connectivity index (χ3v) is 5.46. The Hall–Kier alpha value is -1.23. The molecule has 0 saturated carbocycles. The van der Waals surface area contributed by atoms with E-state index in [2.05, 4.69) is 56.7 Å². The van der Waals surface area contributed by atoms with E-state index in [9.17, 15) is 0 Å². The third-order valence-electron chi connectivity index (χ3n) is 4.49. The smallest absolute Gasteiger partial charge is 0.191 e. The van der Waals surface area contributed by atoms with Gasteiger partial charge in [0.15, 0.2) is 5.96 Å². The second-order valence-corrected chi connectivity index (χ2v) is 7.99. The predicted octanol–water partition coefficient (Wildman–Crippen LogP) is 2.81. The molecule has 8 heteroatoms. The number of nitrogens with one attached hydrogen (secondary N) is 2. The van der Waals surface area contributed by atoms with Crippen molar-refractivity contribution in [1.82, 2.24) is 20.5 Å². The van der Waals surface area contributed by atoms with E-state index in [0.29, 0.717) is 0 Å². The summed E-state index contributed by atoms with van der Waals surface area (Å²) < 4.78 is 5.42. The van der Waals surface area contributed by atoms with Gasteiger partial charge in [0, 0.05) is 57.3 Å². The first-order valence-electron chi connectivity index (χ1n) is 9.46. The fraction of sp³-hybridized carbons (Fsp3) is 0.500. The van der Waals surface area contributed by atoms with Crippen LogP contribution in [0.5, 0.6) is 0 Å². The zero-order chi connectivity index (χ0) is 18.9. The van der Waals surface area contributed by atoms with E-state index in [1.54, 1.807) is 18.4 Å². The Morgan fingerprint density at radius 3 is 2.75 bits per heavy atom. The lowest BCUT2D eigenvalue weighted by Gasteiger charge is -2.26. The quantitative estimate of drug-likeness (QED) is 0.338. The highest BCUT2D eigenvalue weighted by atomic mass is 127. The summed E-state index contributed by atoms with van der Waals surface area (Å²) in [4.78, 5) is 12.4. The van der Waals surface area contributed by atoms with Crippen LogP contribution in [0.25, 0.3) is 0 Å². The molecule has 0 atom stereocenters. The molecule has 3 rings (SSSR count). The van der Waals surface area contributed by atoms with Crippen LogP contribution in [0, 0.1) is 6.92 Å². The number of hydrogen-bond donors (Lipinski definition) is 2. The number of thiazole rings is 1. The average Bonchev–Trinajstić information content (AvgIpc) is 3.11. The van der Waals surface area contributed by atoms with Crippen molar-refractivity contribution in [2.45, 2.75) is 26.4 Å². The van der Waals surface area contributed by atoms with Crippen molar-refractivity contribution in [1.29, 1.82) is 0 Å². The Morgan fingerprint density at radius 1 is 1.25 bits per heavy atom. The topological polar surface area (TPSA) is 61.8 Å². The van der Waals surface area contributed by atoms with Gasteiger partial charge < -0.3 is 15.4 Å². The predicted molar refractivity (Wildman–Crippen MR) is 127 cm³/mol. The Bertz CT molecular complexity index is 746. The molecule has 0 spiro atoms. The van der Waals surface area contributed by atoms with E-state index in [1.165, 1.54) is 16.0 Å². The summed E-state index contributed by atoms with van der Waals surface area (Å²) in [6, 6.07) is 8.76. The van der Waals surface area contributed by atoms with Crippen LogP contribution in [0.1, 0.15) is 21.0 Å². The first-order chi connectivity index (χ1) is 13.2. The normalized spacial score (nSPS) is 15.1. The van der Waals surface area contributed by atoms with Crippen molar-refractivity contribution >= 4 is 41.3 Å². The van der Waals surface area contributed by atoms with Gasteiger partial charge in [0.1, 0.15) is 0 Å². The second kappa shape index (κ2) is 12.4. The first kappa shape index (κ1) is 23.1. The van der Waals surface area contributed by atoms with Gasteiger partial charge in [-0.05, 0) is 18.1 Å². The Balaban J connectivity index is 0.00000280. The van der Waals surface area contributed by atoms with Crippen molar-refractivity contribution in [2.75, 3.05) is 39.9 Å². The highest BCUT2D eigenvalue weighted by Gasteiger charge is 2.10. The Morgan fingerprint density at radius 2 is 2.04 bits per heavy atom. The largest absolute Gasteiger partial charge is 0.379 e. The molecule has 1 aliphatic rings. The maximum Gasteiger partial charge on any atom is 0.191 e. The summed E-state index contributed by atoms with van der Waals surface area (Å²) in [5, 5.41) is 7.92. The van der Waals surface area contributed by atoms with Crippen LogP contribution in [0.15, 0.2) is 35.5 Å². The van der Waals surface area contributed by atoms with Crippen LogP contribution in [0.3, 0.4) is 0 Å². The molecule has 28 heavy (non-hydrogen) atoms. The molecule has 2 heterocycles. The van der Waals surface area contributed by atoms with E-state index in [1.807, 2.05) is 6.20 Å². The number of benzene rings is 1. The van der Waals surface area contributed by atoms with Crippen molar-refractivity contribution in [3.05, 3.63) is 51.5 Å². The number of aliphatic imine (C=N–C) groups is 1. The van der Waals surface area contributed by atoms with Crippen molar-refractivity contribution in [2.24, 2.45) is 4.99 Å². The molecule has 0 bridgehead atoms. The molecule has 6 nitrogen and oxygen atoms in total. The van der Waals surface area contributed by atoms with E-state index < -0.39 is 0 Å². The maximum absolute atomic E-state index is 5.42. The molecule has 2 N–H and O–H groups in total. The number of nitrogens with zero attached hydrogens (tertiary/aromatic N) is 3. The number of rotatable bonds is 7. The zero-order valence-electron chi connectivity index (χ0n) is 16.6. The molecule has 0 unspecified atom stereocenters. The molecule has 0 radical (unpaired) electrons. The summed E-state index contributed by atoms with van der Waals surface area (Å²) in [7, 11) is 1.80. The van der Waals surface area contributed by atoms with Crippen LogP contribution in [-0.4, -0.2) is 55.7 Å². The highest BCUT2D eigenvalue weighted by molar-refractivity contribution is 14.0. The van der Waals surface area contributed by atoms with Crippen LogP contribution in [-0.2, 0) is 24.2 Å². The molecule has 1 fully saturated rings. The van der Waals surface area contributed by atoms with Crippen molar-refractivity contribution in [3.63, 3.8) is 0 Å². The first-order valence-corrected chi connectivity index (χ1v) is 10.3. The number of morpholine rings is 1. The van der Waals surface area contributed by atoms with E-state index in [0.717, 1.165) is 63.3 Å². The molecular formula is C20H30IN5OS. The minimum Gasteiger partial charge on any atom is -0.379 e. The Kier molecular flexibility index (Phi) is 10.2. The van der Waals surface area contributed by atoms with Gasteiger partial charge in [-0.3, -0.25) is 9.89 Å². The monoisotopic (exact) mass is 515 g/mol. The number of aryl methyl sites for hydroxylation is 1. The molecule has 0 aliphatic carbocycles. The lowest BCUT2D eigenvalue weighted by atomic mass is 10.1. The number of halogens is 1. The minimum absolute atomic E-state index is 0. The van der Waals surface area contributed by atoms with Crippen LogP contribution < -0.4 is 10.6 Å². The summed E-state index contributed by atoms with van der Waals surface area (Å²) in [6.07, 6.45) is 2.84. The molecule has 154 valence electrons. The summed E-state index contributed by atoms with van der Waals surface area (Å²) >= 11 is 1.75. The molecule has 0 amide bonds. The molecule has 1 saturated heterocycles. The summed E-state index contributed by atoms with van der Waals surface area (Å²) in [6.45, 7) is 8.35. The zero-order valence-corrected chi connectivity index (χ0v) is 19.8. The van der Waals surface area contributed by atoms with Crippen LogP contribution in [0.2, 0.25) is 0 Å². The number of guanidine groups is 1. The fourth-order valence-electron chi connectivity index (χ4n) is 3.07. The maximum atomic E-state index is 5.42. The third kappa shape index (κ3) is 7.65. The van der Waals surface area contributed by atoms with Gasteiger partial charge in [-0.2, -0.15) is 0 Å². The number of hydrogen-bond acceptors (Lipinski definition) is 5. The van der Waals surface area contributed by atoms with Crippen LogP contribution in [0.4, 0.5) is 0 Å². The highest BCUT2D eigenvalue weighted by Crippen LogP contribution is 2.11. The van der Waals surface area contributed by atoms with Crippen LogP contribution >= 0.6 is 35.3 Å². The SMILES string of the molecule is CN=C(NCCc1ncc(C)s1)NCc1cccc(CN2CCOCC2)c1.I. The fourth-order valence-corrected chi connectivity index (χ4v) is 3.85. The standard InChI is InChI=1S/C20H29N5OS.HI/c1-16-13-23-19(27-16)6-7-22-20(21-2)24-14-17-4-3-5-18(12-17)15-25-8-10-26-11-9-25;/h3-5,12-13H,6-11,14-15H2,1-2H3,(H2,21,22,24);1H. The molecule has 1 aromatic heterocycles.